The van der Waals surface area contributed by atoms with Crippen molar-refractivity contribution in [3.8, 4) is 12.3 Å². The third kappa shape index (κ3) is 6.79. The van der Waals surface area contributed by atoms with Gasteiger partial charge in [0, 0.05) is 18.2 Å². The van der Waals surface area contributed by atoms with Gasteiger partial charge in [0.2, 0.25) is 11.8 Å². The Labute approximate surface area is 181 Å². The van der Waals surface area contributed by atoms with Gasteiger partial charge in [-0.05, 0) is 49.8 Å². The molecule has 8 heteroatoms. The maximum absolute atomic E-state index is 13.3. The van der Waals surface area contributed by atoms with Crippen molar-refractivity contribution in [1.82, 2.24) is 4.72 Å². The normalized spacial score (nSPS) is 12.4. The van der Waals surface area contributed by atoms with E-state index in [1.165, 1.54) is 35.2 Å². The highest BCUT2D eigenvalue weighted by molar-refractivity contribution is 7.93. The first-order chi connectivity index (χ1) is 14.6. The lowest BCUT2D eigenvalue weighted by atomic mass is 10.0. The van der Waals surface area contributed by atoms with Gasteiger partial charge in [-0.25, -0.2) is 17.5 Å². The molecule has 0 aliphatic rings. The number of anilines is 1. The second-order valence-corrected chi connectivity index (χ2v) is 8.53. The maximum Gasteiger partial charge on any atom is 0.257 e. The molecule has 1 N–H and O–H groups in total. The molecule has 0 radical (unpaired) electrons. The molecule has 0 bridgehead atoms. The summed E-state index contributed by atoms with van der Waals surface area (Å²) in [6.45, 7) is 3.43. The standard InChI is InChI=1S/C23H23FN2O4S/c1-4-8-21(23(28)26(17(2)3)20-13-11-19(24)12-14-20)22(27)25-31(29,30)16-15-18-9-6-5-7-10-18/h1,5-7,9-17,21H,8H2,2-3H3,(H,25,27)/b16-15+. The first-order valence-electron chi connectivity index (χ1n) is 9.46. The minimum Gasteiger partial charge on any atom is -0.309 e. The average molecular weight is 443 g/mol. The van der Waals surface area contributed by atoms with Gasteiger partial charge in [0.25, 0.3) is 10.0 Å². The molecule has 1 atom stereocenters. The molecule has 2 rings (SSSR count). The lowest BCUT2D eigenvalue weighted by Gasteiger charge is -2.29. The summed E-state index contributed by atoms with van der Waals surface area (Å²) in [7, 11) is -4.16. The molecular formula is C23H23FN2O4S. The summed E-state index contributed by atoms with van der Waals surface area (Å²) in [5.74, 6) is -1.38. The summed E-state index contributed by atoms with van der Waals surface area (Å²) in [5, 5.41) is 0.845. The highest BCUT2D eigenvalue weighted by atomic mass is 32.2. The zero-order valence-electron chi connectivity index (χ0n) is 17.2. The lowest BCUT2D eigenvalue weighted by Crippen LogP contribution is -2.47. The number of halogens is 1. The predicted molar refractivity (Wildman–Crippen MR) is 119 cm³/mol. The van der Waals surface area contributed by atoms with Gasteiger partial charge in [-0.2, -0.15) is 0 Å². The fourth-order valence-corrected chi connectivity index (χ4v) is 3.66. The predicted octanol–water partition coefficient (Wildman–Crippen LogP) is 3.32. The van der Waals surface area contributed by atoms with Crippen molar-refractivity contribution >= 4 is 33.6 Å². The Kier molecular flexibility index (Phi) is 8.11. The highest BCUT2D eigenvalue weighted by Gasteiger charge is 2.33. The molecule has 2 aromatic carbocycles. The molecule has 0 saturated carbocycles. The minimum absolute atomic E-state index is 0.299. The van der Waals surface area contributed by atoms with Crippen molar-refractivity contribution in [3.05, 3.63) is 71.4 Å². The molecule has 0 heterocycles. The number of hydrogen-bond donors (Lipinski definition) is 1. The average Bonchev–Trinajstić information content (AvgIpc) is 2.72. The number of rotatable bonds is 8. The first-order valence-corrected chi connectivity index (χ1v) is 11.0. The number of amides is 2. The van der Waals surface area contributed by atoms with Crippen molar-refractivity contribution < 1.29 is 22.4 Å². The minimum atomic E-state index is -4.16. The lowest BCUT2D eigenvalue weighted by molar-refractivity contribution is -0.132. The van der Waals surface area contributed by atoms with Crippen molar-refractivity contribution in [2.24, 2.45) is 5.92 Å². The molecule has 0 aliphatic carbocycles. The monoisotopic (exact) mass is 442 g/mol. The fraction of sp³-hybridized carbons (Fsp3) is 0.217. The number of terminal acetylenes is 1. The molecule has 1 unspecified atom stereocenters. The van der Waals surface area contributed by atoms with E-state index in [0.717, 1.165) is 5.41 Å². The van der Waals surface area contributed by atoms with Crippen LogP contribution in [0.15, 0.2) is 60.0 Å². The Morgan fingerprint density at radius 3 is 2.29 bits per heavy atom. The molecule has 0 spiro atoms. The molecule has 0 aromatic heterocycles. The van der Waals surface area contributed by atoms with Crippen molar-refractivity contribution in [3.63, 3.8) is 0 Å². The van der Waals surface area contributed by atoms with E-state index in [0.29, 0.717) is 11.3 Å². The molecular weight excluding hydrogens is 419 g/mol. The van der Waals surface area contributed by atoms with E-state index in [2.05, 4.69) is 5.92 Å². The summed E-state index contributed by atoms with van der Waals surface area (Å²) in [6, 6.07) is 13.4. The molecule has 2 aromatic rings. The van der Waals surface area contributed by atoms with Crippen LogP contribution < -0.4 is 9.62 Å². The van der Waals surface area contributed by atoms with E-state index in [1.54, 1.807) is 44.2 Å². The SMILES string of the molecule is C#CCC(C(=O)NS(=O)(=O)/C=C/c1ccccc1)C(=O)N(c1ccc(F)cc1)C(C)C. The number of sulfonamides is 1. The summed E-state index contributed by atoms with van der Waals surface area (Å²) >= 11 is 0. The highest BCUT2D eigenvalue weighted by Crippen LogP contribution is 2.22. The zero-order valence-corrected chi connectivity index (χ0v) is 18.0. The van der Waals surface area contributed by atoms with Gasteiger partial charge in [-0.15, -0.1) is 12.3 Å². The molecule has 162 valence electrons. The van der Waals surface area contributed by atoms with E-state index in [9.17, 15) is 22.4 Å². The largest absolute Gasteiger partial charge is 0.309 e. The fourth-order valence-electron chi connectivity index (χ4n) is 2.84. The van der Waals surface area contributed by atoms with Crippen LogP contribution in [0.5, 0.6) is 0 Å². The van der Waals surface area contributed by atoms with Crippen LogP contribution in [0.25, 0.3) is 6.08 Å². The van der Waals surface area contributed by atoms with Crippen molar-refractivity contribution in [2.75, 3.05) is 4.90 Å². The second kappa shape index (κ2) is 10.5. The Morgan fingerprint density at radius 1 is 1.13 bits per heavy atom. The molecule has 6 nitrogen and oxygen atoms in total. The second-order valence-electron chi connectivity index (χ2n) is 6.96. The van der Waals surface area contributed by atoms with Crippen LogP contribution in [0.3, 0.4) is 0 Å². The third-order valence-electron chi connectivity index (χ3n) is 4.28. The van der Waals surface area contributed by atoms with E-state index in [4.69, 9.17) is 6.42 Å². The number of nitrogens with one attached hydrogen (secondary N) is 1. The Morgan fingerprint density at radius 2 is 1.74 bits per heavy atom. The van der Waals surface area contributed by atoms with Gasteiger partial charge in [-0.1, -0.05) is 30.3 Å². The van der Waals surface area contributed by atoms with E-state index in [-0.39, 0.29) is 12.5 Å². The van der Waals surface area contributed by atoms with Crippen LogP contribution in [-0.4, -0.2) is 26.3 Å². The van der Waals surface area contributed by atoms with Crippen molar-refractivity contribution in [2.45, 2.75) is 26.3 Å². The Bertz CT molecular complexity index is 1090. The number of nitrogens with zero attached hydrogens (tertiary/aromatic N) is 1. The maximum atomic E-state index is 13.3. The number of carbonyl (C=O) groups excluding carboxylic acids is 2. The van der Waals surface area contributed by atoms with E-state index >= 15 is 0 Å². The first kappa shape index (κ1) is 23.8. The zero-order chi connectivity index (χ0) is 23.0. The van der Waals surface area contributed by atoms with Gasteiger partial charge in [0.15, 0.2) is 0 Å². The number of carbonyl (C=O) groups is 2. The summed E-state index contributed by atoms with van der Waals surface area (Å²) in [5.41, 5.74) is 0.988. The van der Waals surface area contributed by atoms with Crippen LogP contribution in [0.1, 0.15) is 25.8 Å². The summed E-state index contributed by atoms with van der Waals surface area (Å²) in [6.07, 6.45) is 6.35. The van der Waals surface area contributed by atoms with Gasteiger partial charge >= 0.3 is 0 Å². The summed E-state index contributed by atoms with van der Waals surface area (Å²) < 4.78 is 39.8. The molecule has 0 fully saturated rings. The summed E-state index contributed by atoms with van der Waals surface area (Å²) in [4.78, 5) is 27.1. The van der Waals surface area contributed by atoms with E-state index in [1.807, 2.05) is 4.72 Å². The molecule has 2 amide bonds. The Balaban J connectivity index is 2.25. The van der Waals surface area contributed by atoms with Crippen molar-refractivity contribution in [1.29, 1.82) is 0 Å². The van der Waals surface area contributed by atoms with Gasteiger partial charge in [0.1, 0.15) is 11.7 Å². The van der Waals surface area contributed by atoms with Gasteiger partial charge < -0.3 is 4.90 Å². The molecule has 0 aliphatic heterocycles. The van der Waals surface area contributed by atoms with Crippen LogP contribution in [0, 0.1) is 24.1 Å². The molecule has 0 saturated heterocycles. The quantitative estimate of drug-likeness (QED) is 0.502. The van der Waals surface area contributed by atoms with Crippen LogP contribution in [-0.2, 0) is 19.6 Å². The molecule has 31 heavy (non-hydrogen) atoms. The smallest absolute Gasteiger partial charge is 0.257 e. The Hall–Kier alpha value is -3.44. The van der Waals surface area contributed by atoms with Gasteiger partial charge in [-0.3, -0.25) is 9.59 Å². The van der Waals surface area contributed by atoms with Crippen LogP contribution >= 0.6 is 0 Å². The van der Waals surface area contributed by atoms with E-state index < -0.39 is 33.6 Å². The van der Waals surface area contributed by atoms with Gasteiger partial charge in [0.05, 0.1) is 5.41 Å². The number of hydrogen-bond acceptors (Lipinski definition) is 4. The number of benzene rings is 2. The third-order valence-corrected chi connectivity index (χ3v) is 5.26. The topological polar surface area (TPSA) is 83.5 Å². The van der Waals surface area contributed by atoms with Crippen LogP contribution in [0.2, 0.25) is 0 Å². The van der Waals surface area contributed by atoms with Crippen LogP contribution in [0.4, 0.5) is 10.1 Å².